The van der Waals surface area contributed by atoms with E-state index in [1.807, 2.05) is 0 Å². The molecule has 0 aromatic rings. The first kappa shape index (κ1) is 22.0. The Labute approximate surface area is 165 Å². The summed E-state index contributed by atoms with van der Waals surface area (Å²) in [5.41, 5.74) is -0.571. The molecule has 2 fully saturated rings. The maximum Gasteiger partial charge on any atom is 0.194 e. The van der Waals surface area contributed by atoms with Gasteiger partial charge in [-0.25, -0.2) is 0 Å². The number of aliphatic hydroxyl groups is 1. The molecule has 5 nitrogen and oxygen atoms in total. The van der Waals surface area contributed by atoms with E-state index in [1.165, 1.54) is 13.0 Å². The fourth-order valence-electron chi connectivity index (χ4n) is 3.67. The summed E-state index contributed by atoms with van der Waals surface area (Å²) in [4.78, 5) is 9.68. The van der Waals surface area contributed by atoms with Gasteiger partial charge in [0.05, 0.1) is 12.1 Å². The van der Waals surface area contributed by atoms with Crippen molar-refractivity contribution in [2.75, 3.05) is 45.8 Å². The number of aliphatic imine (C=N–C) groups is 1. The highest BCUT2D eigenvalue weighted by molar-refractivity contribution is 14.0. The first-order chi connectivity index (χ1) is 11.0. The van der Waals surface area contributed by atoms with Gasteiger partial charge in [0.1, 0.15) is 0 Å². The van der Waals surface area contributed by atoms with Crippen molar-refractivity contribution in [2.24, 2.45) is 10.9 Å². The molecule has 0 radical (unpaired) electrons. The zero-order chi connectivity index (χ0) is 16.7. The van der Waals surface area contributed by atoms with Gasteiger partial charge in [0.2, 0.25) is 0 Å². The van der Waals surface area contributed by atoms with E-state index in [9.17, 15) is 5.11 Å². The number of halogens is 1. The first-order valence-corrected chi connectivity index (χ1v) is 9.50. The normalized spacial score (nSPS) is 22.4. The second kappa shape index (κ2) is 10.8. The molecular weight excluding hydrogens is 415 g/mol. The van der Waals surface area contributed by atoms with Crippen molar-refractivity contribution < 1.29 is 5.11 Å². The van der Waals surface area contributed by atoms with Gasteiger partial charge in [-0.15, -0.1) is 24.0 Å². The molecule has 1 aliphatic heterocycles. The second-order valence-electron chi connectivity index (χ2n) is 7.64. The summed E-state index contributed by atoms with van der Waals surface area (Å²) in [5, 5.41) is 14.1. The molecule has 1 saturated carbocycles. The van der Waals surface area contributed by atoms with Crippen molar-refractivity contribution in [3.63, 3.8) is 0 Å². The minimum atomic E-state index is -0.571. The molecule has 1 saturated heterocycles. The Bertz CT molecular complexity index is 375. The highest BCUT2D eigenvalue weighted by Gasteiger charge is 2.29. The summed E-state index contributed by atoms with van der Waals surface area (Å²) in [5.74, 6) is 1.71. The van der Waals surface area contributed by atoms with Crippen LogP contribution in [0, 0.1) is 5.92 Å². The molecule has 0 aromatic heterocycles. The van der Waals surface area contributed by atoms with Gasteiger partial charge in [0, 0.05) is 39.3 Å². The van der Waals surface area contributed by atoms with E-state index in [1.54, 1.807) is 0 Å². The Balaban J connectivity index is 0.00000288. The third-order valence-corrected chi connectivity index (χ3v) is 4.94. The Kier molecular flexibility index (Phi) is 9.89. The Morgan fingerprint density at radius 3 is 2.29 bits per heavy atom. The predicted octanol–water partition coefficient (Wildman–Crippen LogP) is 2.54. The lowest BCUT2D eigenvalue weighted by Crippen LogP contribution is -2.53. The highest BCUT2D eigenvalue weighted by Crippen LogP contribution is 2.28. The molecule has 1 heterocycles. The van der Waals surface area contributed by atoms with Crippen LogP contribution in [0.4, 0.5) is 0 Å². The van der Waals surface area contributed by atoms with Crippen LogP contribution in [-0.4, -0.2) is 72.3 Å². The summed E-state index contributed by atoms with van der Waals surface area (Å²) < 4.78 is 0. The molecular formula is C18H37IN4O. The van der Waals surface area contributed by atoms with Crippen molar-refractivity contribution in [1.82, 2.24) is 15.1 Å². The third kappa shape index (κ3) is 7.04. The van der Waals surface area contributed by atoms with Gasteiger partial charge in [-0.1, -0.05) is 33.1 Å². The van der Waals surface area contributed by atoms with Crippen LogP contribution in [0.1, 0.15) is 52.9 Å². The van der Waals surface area contributed by atoms with Crippen LogP contribution < -0.4 is 5.32 Å². The van der Waals surface area contributed by atoms with Gasteiger partial charge in [0.15, 0.2) is 5.96 Å². The van der Waals surface area contributed by atoms with Gasteiger partial charge in [-0.2, -0.15) is 0 Å². The molecule has 1 aliphatic carbocycles. The SMILES string of the molecule is CCNC(=NCC1(O)CCCCC1)N1CCN(CC(C)C)CC1.I. The topological polar surface area (TPSA) is 51.1 Å². The minimum Gasteiger partial charge on any atom is -0.388 e. The zero-order valence-electron chi connectivity index (χ0n) is 15.8. The largest absolute Gasteiger partial charge is 0.388 e. The Morgan fingerprint density at radius 1 is 1.12 bits per heavy atom. The van der Waals surface area contributed by atoms with E-state index in [4.69, 9.17) is 4.99 Å². The molecule has 0 atom stereocenters. The lowest BCUT2D eigenvalue weighted by atomic mass is 9.85. The average Bonchev–Trinajstić information content (AvgIpc) is 2.52. The van der Waals surface area contributed by atoms with Crippen LogP contribution in [0.3, 0.4) is 0 Å². The molecule has 0 amide bonds. The number of nitrogens with one attached hydrogen (secondary N) is 1. The fourth-order valence-corrected chi connectivity index (χ4v) is 3.67. The van der Waals surface area contributed by atoms with Crippen molar-refractivity contribution in [3.05, 3.63) is 0 Å². The predicted molar refractivity (Wildman–Crippen MR) is 112 cm³/mol. The monoisotopic (exact) mass is 452 g/mol. The lowest BCUT2D eigenvalue weighted by molar-refractivity contribution is 0.0128. The number of hydrogen-bond donors (Lipinski definition) is 2. The molecule has 0 aromatic carbocycles. The average molecular weight is 452 g/mol. The summed E-state index contributed by atoms with van der Waals surface area (Å²) in [6.45, 7) is 13.5. The van der Waals surface area contributed by atoms with Crippen molar-refractivity contribution >= 4 is 29.9 Å². The van der Waals surface area contributed by atoms with Gasteiger partial charge < -0.3 is 15.3 Å². The van der Waals surface area contributed by atoms with Gasteiger partial charge in [0.25, 0.3) is 0 Å². The molecule has 24 heavy (non-hydrogen) atoms. The number of nitrogens with zero attached hydrogens (tertiary/aromatic N) is 3. The van der Waals surface area contributed by atoms with Crippen LogP contribution in [0.25, 0.3) is 0 Å². The van der Waals surface area contributed by atoms with E-state index in [0.29, 0.717) is 6.54 Å². The third-order valence-electron chi connectivity index (χ3n) is 4.94. The van der Waals surface area contributed by atoms with Crippen LogP contribution in [0.15, 0.2) is 4.99 Å². The van der Waals surface area contributed by atoms with E-state index >= 15 is 0 Å². The Hall–Kier alpha value is -0.0800. The van der Waals surface area contributed by atoms with E-state index in [2.05, 4.69) is 35.9 Å². The first-order valence-electron chi connectivity index (χ1n) is 9.50. The molecule has 142 valence electrons. The van der Waals surface area contributed by atoms with Gasteiger partial charge in [-0.05, 0) is 25.7 Å². The molecule has 6 heteroatoms. The standard InChI is InChI=1S/C18H36N4O.HI/c1-4-19-17(20-15-18(23)8-6-5-7-9-18)22-12-10-21(11-13-22)14-16(2)3;/h16,23H,4-15H2,1-3H3,(H,19,20);1H. The maximum absolute atomic E-state index is 10.7. The fraction of sp³-hybridized carbons (Fsp3) is 0.944. The van der Waals surface area contributed by atoms with E-state index in [0.717, 1.165) is 70.3 Å². The number of hydrogen-bond acceptors (Lipinski definition) is 3. The summed E-state index contributed by atoms with van der Waals surface area (Å²) >= 11 is 0. The quantitative estimate of drug-likeness (QED) is 0.383. The van der Waals surface area contributed by atoms with Crippen molar-refractivity contribution in [3.8, 4) is 0 Å². The van der Waals surface area contributed by atoms with Crippen molar-refractivity contribution in [1.29, 1.82) is 0 Å². The molecule has 2 aliphatic rings. The van der Waals surface area contributed by atoms with E-state index in [-0.39, 0.29) is 24.0 Å². The van der Waals surface area contributed by atoms with Gasteiger partial charge >= 0.3 is 0 Å². The Morgan fingerprint density at radius 2 is 1.75 bits per heavy atom. The van der Waals surface area contributed by atoms with E-state index < -0.39 is 5.60 Å². The van der Waals surface area contributed by atoms with Crippen LogP contribution in [0.2, 0.25) is 0 Å². The van der Waals surface area contributed by atoms with Crippen LogP contribution in [-0.2, 0) is 0 Å². The smallest absolute Gasteiger partial charge is 0.194 e. The molecule has 2 rings (SSSR count). The highest BCUT2D eigenvalue weighted by atomic mass is 127. The zero-order valence-corrected chi connectivity index (χ0v) is 18.1. The lowest BCUT2D eigenvalue weighted by Gasteiger charge is -2.38. The number of rotatable bonds is 5. The molecule has 0 unspecified atom stereocenters. The summed E-state index contributed by atoms with van der Waals surface area (Å²) in [6, 6.07) is 0. The summed E-state index contributed by atoms with van der Waals surface area (Å²) in [6.07, 6.45) is 5.33. The molecule has 2 N–H and O–H groups in total. The molecule has 0 spiro atoms. The molecule has 0 bridgehead atoms. The van der Waals surface area contributed by atoms with Crippen molar-refractivity contribution in [2.45, 2.75) is 58.5 Å². The second-order valence-corrected chi connectivity index (χ2v) is 7.64. The number of piperazine rings is 1. The van der Waals surface area contributed by atoms with Crippen LogP contribution >= 0.6 is 24.0 Å². The maximum atomic E-state index is 10.7. The van der Waals surface area contributed by atoms with Gasteiger partial charge in [-0.3, -0.25) is 9.89 Å². The minimum absolute atomic E-state index is 0. The summed E-state index contributed by atoms with van der Waals surface area (Å²) in [7, 11) is 0. The number of guanidine groups is 1. The van der Waals surface area contributed by atoms with Crippen LogP contribution in [0.5, 0.6) is 0 Å².